The summed E-state index contributed by atoms with van der Waals surface area (Å²) in [7, 11) is 2.12. The predicted molar refractivity (Wildman–Crippen MR) is 68.2 cm³/mol. The Morgan fingerprint density at radius 2 is 2.24 bits per heavy atom. The van der Waals surface area contributed by atoms with Crippen molar-refractivity contribution in [1.29, 1.82) is 0 Å². The van der Waals surface area contributed by atoms with E-state index in [0.717, 1.165) is 26.1 Å². The Hall–Kier alpha value is -0.650. The van der Waals surface area contributed by atoms with Crippen molar-refractivity contribution < 1.29 is 9.90 Å². The fraction of sp³-hybridized carbons (Fsp3) is 0.917. The van der Waals surface area contributed by atoms with Gasteiger partial charge in [0.15, 0.2) is 0 Å². The lowest BCUT2D eigenvalue weighted by Crippen LogP contribution is -2.49. The van der Waals surface area contributed by atoms with Crippen LogP contribution in [0, 0.1) is 0 Å². The minimum absolute atomic E-state index is 0.419. The van der Waals surface area contributed by atoms with Gasteiger partial charge in [-0.15, -0.1) is 0 Å². The van der Waals surface area contributed by atoms with Gasteiger partial charge in [0, 0.05) is 19.1 Å². The van der Waals surface area contributed by atoms with Crippen molar-refractivity contribution in [3.8, 4) is 0 Å². The second kappa shape index (κ2) is 6.93. The molecule has 2 unspecified atom stereocenters. The van der Waals surface area contributed by atoms with Crippen LogP contribution in [0.3, 0.4) is 0 Å². The molecule has 0 aromatic carbocycles. The minimum atomic E-state index is -0.753. The summed E-state index contributed by atoms with van der Waals surface area (Å²) in [6, 6.07) is -0.0335. The first kappa shape index (κ1) is 14.4. The van der Waals surface area contributed by atoms with Crippen LogP contribution in [0.1, 0.15) is 20.3 Å². The maximum atomic E-state index is 11.1. The van der Waals surface area contributed by atoms with Crippen LogP contribution in [-0.4, -0.2) is 72.7 Å². The fourth-order valence-electron chi connectivity index (χ4n) is 2.40. The van der Waals surface area contributed by atoms with Gasteiger partial charge in [-0.1, -0.05) is 6.92 Å². The van der Waals surface area contributed by atoms with Gasteiger partial charge in [0.1, 0.15) is 6.04 Å². The van der Waals surface area contributed by atoms with Crippen LogP contribution in [-0.2, 0) is 4.79 Å². The van der Waals surface area contributed by atoms with Gasteiger partial charge in [-0.05, 0) is 40.0 Å². The molecule has 5 nitrogen and oxygen atoms in total. The molecule has 0 amide bonds. The topological polar surface area (TPSA) is 55.8 Å². The van der Waals surface area contributed by atoms with Crippen molar-refractivity contribution in [1.82, 2.24) is 15.1 Å². The molecule has 1 heterocycles. The number of carbonyl (C=O) groups is 1. The van der Waals surface area contributed by atoms with Gasteiger partial charge in [-0.25, -0.2) is 0 Å². The molecule has 5 heteroatoms. The molecule has 0 bridgehead atoms. The Morgan fingerprint density at radius 1 is 1.53 bits per heavy atom. The molecule has 17 heavy (non-hydrogen) atoms. The van der Waals surface area contributed by atoms with Crippen LogP contribution in [0.4, 0.5) is 0 Å². The highest BCUT2D eigenvalue weighted by Gasteiger charge is 2.25. The van der Waals surface area contributed by atoms with Gasteiger partial charge in [-0.2, -0.15) is 0 Å². The summed E-state index contributed by atoms with van der Waals surface area (Å²) in [4.78, 5) is 15.7. The number of carboxylic acids is 1. The van der Waals surface area contributed by atoms with Gasteiger partial charge in [0.05, 0.1) is 0 Å². The molecule has 1 fully saturated rings. The Balaban J connectivity index is 2.54. The number of nitrogens with zero attached hydrogens (tertiary/aromatic N) is 2. The summed E-state index contributed by atoms with van der Waals surface area (Å²) < 4.78 is 0. The Kier molecular flexibility index (Phi) is 5.88. The van der Waals surface area contributed by atoms with E-state index in [0.29, 0.717) is 19.1 Å². The molecule has 100 valence electrons. The second-order valence-corrected chi connectivity index (χ2v) is 4.91. The Morgan fingerprint density at radius 3 is 2.82 bits per heavy atom. The molecule has 0 aromatic heterocycles. The third-order valence-corrected chi connectivity index (χ3v) is 3.35. The van der Waals surface area contributed by atoms with Gasteiger partial charge in [0.25, 0.3) is 0 Å². The van der Waals surface area contributed by atoms with Crippen LogP contribution in [0.5, 0.6) is 0 Å². The number of likely N-dealkylation sites (N-methyl/N-ethyl adjacent to an activating group) is 2. The summed E-state index contributed by atoms with van der Waals surface area (Å²) in [6.07, 6.45) is 1.11. The number of hydrogen-bond donors (Lipinski definition) is 2. The van der Waals surface area contributed by atoms with Crippen molar-refractivity contribution in [2.75, 3.05) is 39.8 Å². The van der Waals surface area contributed by atoms with E-state index in [9.17, 15) is 4.79 Å². The van der Waals surface area contributed by atoms with Crippen molar-refractivity contribution in [3.63, 3.8) is 0 Å². The van der Waals surface area contributed by atoms with E-state index in [1.165, 1.54) is 0 Å². The molecule has 2 N–H and O–H groups in total. The first-order valence-corrected chi connectivity index (χ1v) is 6.43. The highest BCUT2D eigenvalue weighted by atomic mass is 16.4. The number of carboxylic acid groups (broad SMARTS) is 1. The average molecular weight is 243 g/mol. The quantitative estimate of drug-likeness (QED) is 0.716. The average Bonchev–Trinajstić information content (AvgIpc) is 2.40. The van der Waals surface area contributed by atoms with E-state index in [1.807, 2.05) is 6.92 Å². The molecule has 0 saturated carbocycles. The molecule has 0 aromatic rings. The number of nitrogens with one attached hydrogen (secondary N) is 1. The Labute approximate surface area is 104 Å². The lowest BCUT2D eigenvalue weighted by molar-refractivity contribution is -0.140. The smallest absolute Gasteiger partial charge is 0.322 e. The first-order valence-electron chi connectivity index (χ1n) is 6.43. The molecule has 1 aliphatic heterocycles. The van der Waals surface area contributed by atoms with Crippen molar-refractivity contribution in [3.05, 3.63) is 0 Å². The van der Waals surface area contributed by atoms with Crippen LogP contribution < -0.4 is 5.32 Å². The molecular weight excluding hydrogens is 218 g/mol. The molecule has 2 atom stereocenters. The van der Waals surface area contributed by atoms with E-state index in [-0.39, 0.29) is 0 Å². The molecule has 0 spiro atoms. The predicted octanol–water partition coefficient (Wildman–Crippen LogP) is 0.0751. The zero-order valence-corrected chi connectivity index (χ0v) is 11.1. The summed E-state index contributed by atoms with van der Waals surface area (Å²) >= 11 is 0. The highest BCUT2D eigenvalue weighted by Crippen LogP contribution is 2.09. The largest absolute Gasteiger partial charge is 0.480 e. The van der Waals surface area contributed by atoms with Crippen molar-refractivity contribution in [2.24, 2.45) is 0 Å². The standard InChI is InChI=1S/C12H25N3O2/c1-4-13-11(12(16)17)9-15-7-5-6-14(3)8-10(15)2/h10-11,13H,4-9H2,1-3H3,(H,16,17). The third kappa shape index (κ3) is 4.61. The molecule has 1 rings (SSSR count). The van der Waals surface area contributed by atoms with E-state index < -0.39 is 12.0 Å². The molecule has 1 saturated heterocycles. The summed E-state index contributed by atoms with van der Waals surface area (Å²) in [6.45, 7) is 8.50. The number of rotatable bonds is 5. The lowest BCUT2D eigenvalue weighted by Gasteiger charge is -2.30. The van der Waals surface area contributed by atoms with Gasteiger partial charge >= 0.3 is 5.97 Å². The van der Waals surface area contributed by atoms with E-state index in [2.05, 4.69) is 29.1 Å². The number of hydrogen-bond acceptors (Lipinski definition) is 4. The van der Waals surface area contributed by atoms with Gasteiger partial charge in [-0.3, -0.25) is 9.69 Å². The van der Waals surface area contributed by atoms with Crippen LogP contribution in [0.2, 0.25) is 0 Å². The van der Waals surface area contributed by atoms with Gasteiger partial charge < -0.3 is 15.3 Å². The third-order valence-electron chi connectivity index (χ3n) is 3.35. The molecule has 0 radical (unpaired) electrons. The maximum absolute atomic E-state index is 11.1. The monoisotopic (exact) mass is 243 g/mol. The van der Waals surface area contributed by atoms with E-state index in [4.69, 9.17) is 5.11 Å². The summed E-state index contributed by atoms with van der Waals surface area (Å²) in [5.74, 6) is -0.753. The zero-order valence-electron chi connectivity index (χ0n) is 11.1. The maximum Gasteiger partial charge on any atom is 0.322 e. The van der Waals surface area contributed by atoms with E-state index in [1.54, 1.807) is 0 Å². The normalized spacial score (nSPS) is 25.5. The zero-order chi connectivity index (χ0) is 12.8. The van der Waals surface area contributed by atoms with Crippen LogP contribution in [0.15, 0.2) is 0 Å². The molecule has 0 aliphatic carbocycles. The summed E-state index contributed by atoms with van der Waals surface area (Å²) in [5.41, 5.74) is 0. The van der Waals surface area contributed by atoms with Gasteiger partial charge in [0.2, 0.25) is 0 Å². The Bertz CT molecular complexity index is 248. The summed E-state index contributed by atoms with van der Waals surface area (Å²) in [5, 5.41) is 12.2. The molecular formula is C12H25N3O2. The molecule has 1 aliphatic rings. The van der Waals surface area contributed by atoms with Crippen molar-refractivity contribution >= 4 is 5.97 Å². The first-order chi connectivity index (χ1) is 8.04. The fourth-order valence-corrected chi connectivity index (χ4v) is 2.40. The highest BCUT2D eigenvalue weighted by molar-refractivity contribution is 5.73. The van der Waals surface area contributed by atoms with Crippen LogP contribution >= 0.6 is 0 Å². The number of aliphatic carboxylic acids is 1. The SMILES string of the molecule is CCNC(CN1CCCN(C)CC1C)C(=O)O. The van der Waals surface area contributed by atoms with Crippen LogP contribution in [0.25, 0.3) is 0 Å². The van der Waals surface area contributed by atoms with E-state index >= 15 is 0 Å². The minimum Gasteiger partial charge on any atom is -0.480 e. The lowest BCUT2D eigenvalue weighted by atomic mass is 10.2. The second-order valence-electron chi connectivity index (χ2n) is 4.91. The van der Waals surface area contributed by atoms with Crippen molar-refractivity contribution in [2.45, 2.75) is 32.4 Å².